The molecule has 1 N–H and O–H groups in total. The van der Waals surface area contributed by atoms with Gasteiger partial charge >= 0.3 is 0 Å². The Kier molecular flexibility index (Phi) is 2.86. The molecule has 0 aliphatic carbocycles. The van der Waals surface area contributed by atoms with Crippen molar-refractivity contribution in [2.24, 2.45) is 0 Å². The smallest absolute Gasteiger partial charge is 0.262 e. The molecule has 1 aliphatic heterocycles. The molecule has 4 rings (SSSR count). The lowest BCUT2D eigenvalue weighted by molar-refractivity contribution is 0.192. The van der Waals surface area contributed by atoms with Gasteiger partial charge in [-0.05, 0) is 23.3 Å². The molecule has 1 aromatic heterocycles. The van der Waals surface area contributed by atoms with Crippen molar-refractivity contribution in [3.05, 3.63) is 42.2 Å². The van der Waals surface area contributed by atoms with Gasteiger partial charge in [0.1, 0.15) is 5.75 Å². The summed E-state index contributed by atoms with van der Waals surface area (Å²) in [5, 5.41) is 16.2. The number of phenols is 1. The van der Waals surface area contributed by atoms with Gasteiger partial charge in [-0.2, -0.15) is 4.98 Å². The molecule has 5 heteroatoms. The van der Waals surface area contributed by atoms with E-state index in [-0.39, 0.29) is 11.7 Å². The summed E-state index contributed by atoms with van der Waals surface area (Å²) in [5.41, 5.74) is 0.589. The van der Waals surface area contributed by atoms with Crippen molar-refractivity contribution in [1.29, 1.82) is 0 Å². The number of nitrogens with zero attached hydrogens (tertiary/aromatic N) is 2. The van der Waals surface area contributed by atoms with Gasteiger partial charge in [-0.3, -0.25) is 0 Å². The van der Waals surface area contributed by atoms with Gasteiger partial charge in [0.2, 0.25) is 0 Å². The Morgan fingerprint density at radius 3 is 2.90 bits per heavy atom. The third-order valence-electron chi connectivity index (χ3n) is 3.86. The highest BCUT2D eigenvalue weighted by atomic mass is 16.5. The highest BCUT2D eigenvalue weighted by Crippen LogP contribution is 2.36. The molecule has 5 nitrogen and oxygen atoms in total. The average molecular weight is 282 g/mol. The van der Waals surface area contributed by atoms with Crippen LogP contribution in [0, 0.1) is 0 Å². The molecule has 3 aromatic rings. The lowest BCUT2D eigenvalue weighted by Crippen LogP contribution is -1.99. The van der Waals surface area contributed by atoms with Crippen LogP contribution in [0.25, 0.3) is 22.2 Å². The van der Waals surface area contributed by atoms with Gasteiger partial charge in [0, 0.05) is 12.5 Å². The molecular formula is C16H14N2O3. The Morgan fingerprint density at radius 1 is 1.14 bits per heavy atom. The molecule has 0 saturated carbocycles. The monoisotopic (exact) mass is 282 g/mol. The Bertz CT molecular complexity index is 791. The summed E-state index contributed by atoms with van der Waals surface area (Å²) in [6.45, 7) is 1.36. The van der Waals surface area contributed by atoms with Crippen LogP contribution in [-0.4, -0.2) is 28.5 Å². The number of phenolic OH excluding ortho intramolecular Hbond substituents is 1. The molecule has 1 fully saturated rings. The van der Waals surface area contributed by atoms with E-state index < -0.39 is 0 Å². The normalized spacial score (nSPS) is 18.4. The second-order valence-corrected chi connectivity index (χ2v) is 5.20. The lowest BCUT2D eigenvalue weighted by Gasteiger charge is -2.04. The number of rotatable bonds is 2. The molecule has 2 aromatic carbocycles. The van der Waals surface area contributed by atoms with Gasteiger partial charge in [0.25, 0.3) is 5.89 Å². The fourth-order valence-corrected chi connectivity index (χ4v) is 2.73. The van der Waals surface area contributed by atoms with Gasteiger partial charge in [-0.1, -0.05) is 35.5 Å². The van der Waals surface area contributed by atoms with Crippen LogP contribution in [0.2, 0.25) is 0 Å². The molecular weight excluding hydrogens is 268 g/mol. The van der Waals surface area contributed by atoms with Crippen molar-refractivity contribution >= 4 is 10.8 Å². The summed E-state index contributed by atoms with van der Waals surface area (Å²) >= 11 is 0. The molecule has 1 atom stereocenters. The molecule has 1 saturated heterocycles. The number of hydrogen-bond donors (Lipinski definition) is 1. The Morgan fingerprint density at radius 2 is 2.05 bits per heavy atom. The summed E-state index contributed by atoms with van der Waals surface area (Å²) in [7, 11) is 0. The van der Waals surface area contributed by atoms with E-state index in [0.29, 0.717) is 23.9 Å². The molecule has 0 bridgehead atoms. The molecule has 0 radical (unpaired) electrons. The highest BCUT2D eigenvalue weighted by molar-refractivity contribution is 5.97. The van der Waals surface area contributed by atoms with E-state index in [4.69, 9.17) is 9.26 Å². The number of fused-ring (bicyclic) bond motifs is 1. The molecule has 21 heavy (non-hydrogen) atoms. The average Bonchev–Trinajstić information content (AvgIpc) is 3.18. The van der Waals surface area contributed by atoms with Crippen LogP contribution in [0.4, 0.5) is 0 Å². The molecule has 0 unspecified atom stereocenters. The third-order valence-corrected chi connectivity index (χ3v) is 3.86. The lowest BCUT2D eigenvalue weighted by atomic mass is 10.0. The van der Waals surface area contributed by atoms with E-state index in [1.165, 1.54) is 0 Å². The van der Waals surface area contributed by atoms with Gasteiger partial charge < -0.3 is 14.4 Å². The van der Waals surface area contributed by atoms with Crippen LogP contribution in [0.15, 0.2) is 40.9 Å². The van der Waals surface area contributed by atoms with Gasteiger partial charge in [0.15, 0.2) is 5.82 Å². The van der Waals surface area contributed by atoms with E-state index >= 15 is 0 Å². The SMILES string of the molecule is Oc1ccc2ccccc2c1-c1nc([C@@H]2CCOC2)no1. The summed E-state index contributed by atoms with van der Waals surface area (Å²) < 4.78 is 10.7. The Hall–Kier alpha value is -2.40. The number of ether oxygens (including phenoxy) is 1. The minimum absolute atomic E-state index is 0.145. The zero-order valence-corrected chi connectivity index (χ0v) is 11.3. The van der Waals surface area contributed by atoms with Gasteiger partial charge in [-0.15, -0.1) is 0 Å². The van der Waals surface area contributed by atoms with Crippen LogP contribution < -0.4 is 0 Å². The fourth-order valence-electron chi connectivity index (χ4n) is 2.73. The quantitative estimate of drug-likeness (QED) is 0.782. The van der Waals surface area contributed by atoms with E-state index in [1.54, 1.807) is 6.07 Å². The Labute approximate surface area is 121 Å². The number of benzene rings is 2. The first kappa shape index (κ1) is 12.3. The van der Waals surface area contributed by atoms with Crippen molar-refractivity contribution < 1.29 is 14.4 Å². The molecule has 2 heterocycles. The first-order valence-corrected chi connectivity index (χ1v) is 6.95. The maximum Gasteiger partial charge on any atom is 0.262 e. The van der Waals surface area contributed by atoms with Crippen LogP contribution >= 0.6 is 0 Å². The van der Waals surface area contributed by atoms with E-state index in [0.717, 1.165) is 23.8 Å². The van der Waals surface area contributed by atoms with E-state index in [9.17, 15) is 5.11 Å². The zero-order chi connectivity index (χ0) is 14.2. The van der Waals surface area contributed by atoms with Crippen molar-refractivity contribution in [3.63, 3.8) is 0 Å². The van der Waals surface area contributed by atoms with Gasteiger partial charge in [-0.25, -0.2) is 0 Å². The van der Waals surface area contributed by atoms with Crippen LogP contribution in [0.5, 0.6) is 5.75 Å². The third kappa shape index (κ3) is 2.06. The fraction of sp³-hybridized carbons (Fsp3) is 0.250. The van der Waals surface area contributed by atoms with Crippen molar-refractivity contribution in [2.75, 3.05) is 13.2 Å². The topological polar surface area (TPSA) is 68.4 Å². The summed E-state index contributed by atoms with van der Waals surface area (Å²) in [6.07, 6.45) is 0.903. The number of aromatic hydroxyl groups is 1. The largest absolute Gasteiger partial charge is 0.507 e. The predicted octanol–water partition coefficient (Wildman–Crippen LogP) is 3.10. The minimum atomic E-state index is 0.145. The first-order valence-electron chi connectivity index (χ1n) is 6.95. The van der Waals surface area contributed by atoms with Crippen molar-refractivity contribution in [1.82, 2.24) is 10.1 Å². The highest BCUT2D eigenvalue weighted by Gasteiger charge is 2.24. The van der Waals surface area contributed by atoms with Crippen LogP contribution in [-0.2, 0) is 4.74 Å². The summed E-state index contributed by atoms with van der Waals surface area (Å²) in [5.74, 6) is 1.33. The van der Waals surface area contributed by atoms with E-state index in [2.05, 4.69) is 10.1 Å². The second-order valence-electron chi connectivity index (χ2n) is 5.20. The maximum absolute atomic E-state index is 10.2. The number of hydrogen-bond acceptors (Lipinski definition) is 5. The number of aromatic nitrogens is 2. The van der Waals surface area contributed by atoms with Crippen LogP contribution in [0.1, 0.15) is 18.2 Å². The summed E-state index contributed by atoms with van der Waals surface area (Å²) in [6, 6.07) is 11.3. The van der Waals surface area contributed by atoms with Crippen molar-refractivity contribution in [2.45, 2.75) is 12.3 Å². The predicted molar refractivity (Wildman–Crippen MR) is 77.1 cm³/mol. The van der Waals surface area contributed by atoms with Gasteiger partial charge in [0.05, 0.1) is 12.2 Å². The second kappa shape index (κ2) is 4.86. The Balaban J connectivity index is 1.84. The zero-order valence-electron chi connectivity index (χ0n) is 11.3. The first-order chi connectivity index (χ1) is 10.3. The molecule has 106 valence electrons. The van der Waals surface area contributed by atoms with Crippen LogP contribution in [0.3, 0.4) is 0 Å². The van der Waals surface area contributed by atoms with Crippen molar-refractivity contribution in [3.8, 4) is 17.2 Å². The molecule has 0 spiro atoms. The van der Waals surface area contributed by atoms with E-state index in [1.807, 2.05) is 30.3 Å². The standard InChI is InChI=1S/C16H14N2O3/c19-13-6-5-10-3-1-2-4-12(10)14(13)16-17-15(18-21-16)11-7-8-20-9-11/h1-6,11,19H,7-9H2/t11-/m1/s1. The molecule has 0 amide bonds. The minimum Gasteiger partial charge on any atom is -0.507 e. The summed E-state index contributed by atoms with van der Waals surface area (Å²) in [4.78, 5) is 4.46. The molecule has 1 aliphatic rings. The maximum atomic E-state index is 10.2.